The van der Waals surface area contributed by atoms with Crippen LogP contribution in [-0.2, 0) is 16.6 Å². The van der Waals surface area contributed by atoms with Gasteiger partial charge in [0.15, 0.2) is 5.65 Å². The van der Waals surface area contributed by atoms with Gasteiger partial charge in [0.25, 0.3) is 11.5 Å². The number of aromatic nitrogens is 4. The van der Waals surface area contributed by atoms with Crippen LogP contribution in [0, 0.1) is 13.8 Å². The lowest BCUT2D eigenvalue weighted by atomic mass is 9.98. The summed E-state index contributed by atoms with van der Waals surface area (Å²) >= 11 is 0. The maximum atomic E-state index is 13.5. The number of carbonyl (C=O) groups excluding carboxylic acids is 1. The highest BCUT2D eigenvalue weighted by molar-refractivity contribution is 7.88. The molecule has 0 unspecified atom stereocenters. The van der Waals surface area contributed by atoms with E-state index in [4.69, 9.17) is 4.98 Å². The summed E-state index contributed by atoms with van der Waals surface area (Å²) in [5, 5.41) is 8.14. The van der Waals surface area contributed by atoms with Crippen LogP contribution >= 0.6 is 0 Å². The van der Waals surface area contributed by atoms with Gasteiger partial charge in [0.2, 0.25) is 10.0 Å². The van der Waals surface area contributed by atoms with Crippen LogP contribution in [0.5, 0.6) is 0 Å². The minimum Gasteiger partial charge on any atom is -0.348 e. The van der Waals surface area contributed by atoms with Gasteiger partial charge in [-0.1, -0.05) is 6.08 Å². The lowest BCUT2D eigenvalue weighted by Gasteiger charge is -2.39. The molecule has 0 bridgehead atoms. The minimum atomic E-state index is -3.15. The quantitative estimate of drug-likeness (QED) is 0.438. The summed E-state index contributed by atoms with van der Waals surface area (Å²) in [4.78, 5) is 36.2. The van der Waals surface area contributed by atoms with E-state index in [1.807, 2.05) is 44.5 Å². The summed E-state index contributed by atoms with van der Waals surface area (Å²) in [5.74, 6) is -0.281. The van der Waals surface area contributed by atoms with Crippen molar-refractivity contribution in [2.24, 2.45) is 0 Å². The topological polar surface area (TPSA) is 133 Å². The Labute approximate surface area is 240 Å². The van der Waals surface area contributed by atoms with Crippen molar-refractivity contribution < 1.29 is 13.2 Å². The summed E-state index contributed by atoms with van der Waals surface area (Å²) < 4.78 is 27.2. The minimum absolute atomic E-state index is 0.0635. The molecule has 3 aromatic rings. The SMILES string of the molecule is Cc1cc(C)c(CNC(=O)c2cc(C3=CCN(C4CCN(S(C)(=O)=O)CC4)CC3)nc3c2cnn3C(C)C)c(=O)[nH]1. The second kappa shape index (κ2) is 11.5. The maximum Gasteiger partial charge on any atom is 0.253 e. The fraction of sp³-hybridized carbons (Fsp3) is 0.517. The molecular formula is C29H39N7O4S. The molecule has 0 aromatic carbocycles. The summed E-state index contributed by atoms with van der Waals surface area (Å²) in [6, 6.07) is 4.14. The average Bonchev–Trinajstić information content (AvgIpc) is 3.36. The Hall–Kier alpha value is -3.35. The first-order valence-electron chi connectivity index (χ1n) is 14.2. The molecule has 11 nitrogen and oxygen atoms in total. The lowest BCUT2D eigenvalue weighted by molar-refractivity contribution is 0.0952. The van der Waals surface area contributed by atoms with E-state index in [0.29, 0.717) is 41.3 Å². The molecule has 5 rings (SSSR count). The first-order valence-corrected chi connectivity index (χ1v) is 16.0. The van der Waals surface area contributed by atoms with Gasteiger partial charge in [0, 0.05) is 56.1 Å². The van der Waals surface area contributed by atoms with Gasteiger partial charge in [0.05, 0.1) is 29.1 Å². The molecule has 220 valence electrons. The van der Waals surface area contributed by atoms with Crippen LogP contribution in [-0.4, -0.2) is 81.8 Å². The van der Waals surface area contributed by atoms with E-state index in [2.05, 4.69) is 26.4 Å². The summed E-state index contributed by atoms with van der Waals surface area (Å²) in [5.41, 5.74) is 4.91. The molecule has 0 atom stereocenters. The molecule has 5 heterocycles. The van der Waals surface area contributed by atoms with Gasteiger partial charge in [-0.25, -0.2) is 22.4 Å². The second-order valence-corrected chi connectivity index (χ2v) is 13.5. The van der Waals surface area contributed by atoms with Crippen LogP contribution in [0.15, 0.2) is 29.2 Å². The van der Waals surface area contributed by atoms with Crippen LogP contribution < -0.4 is 10.9 Å². The van der Waals surface area contributed by atoms with Crippen molar-refractivity contribution in [3.63, 3.8) is 0 Å². The summed E-state index contributed by atoms with van der Waals surface area (Å²) in [7, 11) is -3.15. The van der Waals surface area contributed by atoms with Gasteiger partial charge in [0.1, 0.15) is 0 Å². The van der Waals surface area contributed by atoms with Crippen molar-refractivity contribution in [3.8, 4) is 0 Å². The lowest BCUT2D eigenvalue weighted by Crippen LogP contribution is -2.47. The molecule has 0 spiro atoms. The van der Waals surface area contributed by atoms with Crippen LogP contribution in [0.4, 0.5) is 0 Å². The van der Waals surface area contributed by atoms with Crippen LogP contribution in [0.1, 0.15) is 72.0 Å². The van der Waals surface area contributed by atoms with Crippen LogP contribution in [0.2, 0.25) is 0 Å². The van der Waals surface area contributed by atoms with Crippen LogP contribution in [0.25, 0.3) is 16.6 Å². The van der Waals surface area contributed by atoms with Crippen molar-refractivity contribution in [1.29, 1.82) is 0 Å². The Morgan fingerprint density at radius 2 is 1.90 bits per heavy atom. The smallest absolute Gasteiger partial charge is 0.253 e. The number of sulfonamides is 1. The standard InChI is InChI=1S/C29H39N7O4S/c1-18(2)36-27-25(17-31-36)23(28(37)30-16-24-19(3)14-20(4)32-29(24)38)15-26(33-27)21-6-10-34(11-7-21)22-8-12-35(13-9-22)41(5,39)40/h6,14-15,17-18,22H,7-13,16H2,1-5H3,(H,30,37)(H,32,38). The molecule has 1 amide bonds. The van der Waals surface area contributed by atoms with E-state index in [9.17, 15) is 18.0 Å². The number of fused-ring (bicyclic) bond motifs is 1. The molecule has 3 aromatic heterocycles. The predicted octanol–water partition coefficient (Wildman–Crippen LogP) is 2.76. The van der Waals surface area contributed by atoms with E-state index in [1.165, 1.54) is 6.26 Å². The number of piperidine rings is 1. The molecule has 1 saturated heterocycles. The maximum absolute atomic E-state index is 13.5. The largest absolute Gasteiger partial charge is 0.348 e. The third-order valence-corrected chi connectivity index (χ3v) is 9.50. The zero-order valence-corrected chi connectivity index (χ0v) is 25.2. The highest BCUT2D eigenvalue weighted by Crippen LogP contribution is 2.29. The number of nitrogens with zero attached hydrogens (tertiary/aromatic N) is 5. The van der Waals surface area contributed by atoms with Gasteiger partial charge in [-0.15, -0.1) is 0 Å². The number of nitrogens with one attached hydrogen (secondary N) is 2. The van der Waals surface area contributed by atoms with Gasteiger partial charge in [-0.3, -0.25) is 14.5 Å². The predicted molar refractivity (Wildman–Crippen MR) is 159 cm³/mol. The van der Waals surface area contributed by atoms with Crippen molar-refractivity contribution in [1.82, 2.24) is 34.3 Å². The van der Waals surface area contributed by atoms with E-state index in [1.54, 1.807) is 10.5 Å². The van der Waals surface area contributed by atoms with E-state index >= 15 is 0 Å². The fourth-order valence-corrected chi connectivity index (χ4v) is 6.78. The van der Waals surface area contributed by atoms with Crippen LogP contribution in [0.3, 0.4) is 0 Å². The Morgan fingerprint density at radius 3 is 2.51 bits per heavy atom. The molecule has 0 aliphatic carbocycles. The van der Waals surface area contributed by atoms with Crippen molar-refractivity contribution in [2.45, 2.75) is 65.6 Å². The second-order valence-electron chi connectivity index (χ2n) is 11.5. The summed E-state index contributed by atoms with van der Waals surface area (Å²) in [6.45, 7) is 10.6. The molecule has 2 aliphatic heterocycles. The zero-order valence-electron chi connectivity index (χ0n) is 24.4. The Bertz CT molecular complexity index is 1660. The number of pyridine rings is 2. The van der Waals surface area contributed by atoms with Gasteiger partial charge in [-0.05, 0) is 70.2 Å². The molecule has 41 heavy (non-hydrogen) atoms. The highest BCUT2D eigenvalue weighted by atomic mass is 32.2. The molecule has 0 radical (unpaired) electrons. The van der Waals surface area contributed by atoms with Gasteiger partial charge >= 0.3 is 0 Å². The monoisotopic (exact) mass is 581 g/mol. The van der Waals surface area contributed by atoms with Crippen molar-refractivity contribution in [3.05, 3.63) is 62.8 Å². The number of carbonyl (C=O) groups is 1. The molecule has 1 fully saturated rings. The fourth-order valence-electron chi connectivity index (χ4n) is 5.90. The Kier molecular flexibility index (Phi) is 8.18. The first-order chi connectivity index (χ1) is 19.4. The number of amides is 1. The number of hydrogen-bond acceptors (Lipinski definition) is 7. The highest BCUT2D eigenvalue weighted by Gasteiger charge is 2.30. The Morgan fingerprint density at radius 1 is 1.17 bits per heavy atom. The van der Waals surface area contributed by atoms with Gasteiger partial charge < -0.3 is 10.3 Å². The molecule has 12 heteroatoms. The average molecular weight is 582 g/mol. The van der Waals surface area contributed by atoms with E-state index in [0.717, 1.165) is 54.9 Å². The summed E-state index contributed by atoms with van der Waals surface area (Å²) in [6.07, 6.45) is 7.55. The number of aryl methyl sites for hydroxylation is 2. The molecule has 2 N–H and O–H groups in total. The number of aromatic amines is 1. The molecule has 0 saturated carbocycles. The number of rotatable bonds is 7. The first kappa shape index (κ1) is 29.2. The third-order valence-electron chi connectivity index (χ3n) is 8.20. The number of hydrogen-bond donors (Lipinski definition) is 2. The zero-order chi connectivity index (χ0) is 29.5. The molecule has 2 aliphatic rings. The van der Waals surface area contributed by atoms with E-state index in [-0.39, 0.29) is 24.1 Å². The number of H-pyrrole nitrogens is 1. The van der Waals surface area contributed by atoms with Crippen molar-refractivity contribution >= 4 is 32.5 Å². The van der Waals surface area contributed by atoms with Gasteiger partial charge in [-0.2, -0.15) is 5.10 Å². The molecular weight excluding hydrogens is 542 g/mol. The Balaban J connectivity index is 1.38. The van der Waals surface area contributed by atoms with E-state index < -0.39 is 10.0 Å². The van der Waals surface area contributed by atoms with Crippen molar-refractivity contribution in [2.75, 3.05) is 32.4 Å². The third kappa shape index (κ3) is 6.14. The normalized spacial score (nSPS) is 17.8.